The second-order valence-electron chi connectivity index (χ2n) is 7.91. The quantitative estimate of drug-likeness (QED) is 0.740. The van der Waals surface area contributed by atoms with Crippen molar-refractivity contribution < 1.29 is 9.90 Å². The Morgan fingerprint density at radius 3 is 2.90 bits per heavy atom. The van der Waals surface area contributed by atoms with Crippen molar-refractivity contribution in [3.05, 3.63) is 0 Å². The standard InChI is InChI=1S/C17H27NO2/c1-12-9-13-10-15(19)14-5-4-8-18-7-3-2-6-16(13,14)17(18,20)11-12/h12-14,20H,2-11H2,1H3. The summed E-state index contributed by atoms with van der Waals surface area (Å²) in [5, 5.41) is 11.8. The van der Waals surface area contributed by atoms with Gasteiger partial charge in [0.15, 0.2) is 0 Å². The first-order chi connectivity index (χ1) is 9.58. The summed E-state index contributed by atoms with van der Waals surface area (Å²) in [7, 11) is 0. The first-order valence-corrected chi connectivity index (χ1v) is 8.58. The van der Waals surface area contributed by atoms with E-state index in [0.29, 0.717) is 17.6 Å². The van der Waals surface area contributed by atoms with E-state index in [9.17, 15) is 9.90 Å². The van der Waals surface area contributed by atoms with Crippen LogP contribution in [0.25, 0.3) is 0 Å². The van der Waals surface area contributed by atoms with Crippen LogP contribution in [0.3, 0.4) is 0 Å². The Morgan fingerprint density at radius 2 is 2.05 bits per heavy atom. The number of aliphatic hydroxyl groups is 1. The third kappa shape index (κ3) is 1.46. The smallest absolute Gasteiger partial charge is 0.137 e. The van der Waals surface area contributed by atoms with Crippen molar-refractivity contribution in [2.75, 3.05) is 13.1 Å². The van der Waals surface area contributed by atoms with Crippen LogP contribution in [0.4, 0.5) is 0 Å². The number of nitrogens with zero attached hydrogens (tertiary/aromatic N) is 1. The summed E-state index contributed by atoms with van der Waals surface area (Å²) in [4.78, 5) is 15.0. The number of rotatable bonds is 0. The minimum absolute atomic E-state index is 0.108. The van der Waals surface area contributed by atoms with Crippen LogP contribution in [0.1, 0.15) is 58.3 Å². The van der Waals surface area contributed by atoms with Gasteiger partial charge in [0.2, 0.25) is 0 Å². The molecule has 3 heteroatoms. The Hall–Kier alpha value is -0.410. The van der Waals surface area contributed by atoms with Gasteiger partial charge in [0.05, 0.1) is 0 Å². The zero-order valence-corrected chi connectivity index (χ0v) is 12.6. The number of carbonyl (C=O) groups excluding carboxylic acids is 1. The lowest BCUT2D eigenvalue weighted by molar-refractivity contribution is -0.241. The van der Waals surface area contributed by atoms with Gasteiger partial charge in [-0.3, -0.25) is 9.69 Å². The van der Waals surface area contributed by atoms with Gasteiger partial charge in [-0.1, -0.05) is 13.3 Å². The van der Waals surface area contributed by atoms with Crippen LogP contribution in [-0.2, 0) is 4.79 Å². The molecule has 0 amide bonds. The Labute approximate surface area is 121 Å². The molecule has 0 aromatic heterocycles. The molecule has 0 aromatic rings. The lowest BCUT2D eigenvalue weighted by Gasteiger charge is -2.58. The summed E-state index contributed by atoms with van der Waals surface area (Å²) in [6, 6.07) is 0. The monoisotopic (exact) mass is 277 g/mol. The van der Waals surface area contributed by atoms with E-state index >= 15 is 0 Å². The van der Waals surface area contributed by atoms with E-state index in [1.165, 1.54) is 12.8 Å². The normalized spacial score (nSPS) is 55.0. The topological polar surface area (TPSA) is 40.5 Å². The summed E-state index contributed by atoms with van der Waals surface area (Å²) >= 11 is 0. The highest BCUT2D eigenvalue weighted by atomic mass is 16.3. The van der Waals surface area contributed by atoms with Crippen molar-refractivity contribution in [2.24, 2.45) is 23.2 Å². The zero-order valence-electron chi connectivity index (χ0n) is 12.6. The summed E-state index contributed by atoms with van der Waals surface area (Å²) in [6.07, 6.45) is 8.33. The molecule has 20 heavy (non-hydrogen) atoms. The molecule has 3 nitrogen and oxygen atoms in total. The second-order valence-corrected chi connectivity index (χ2v) is 7.91. The van der Waals surface area contributed by atoms with Crippen molar-refractivity contribution in [1.82, 2.24) is 4.90 Å². The molecule has 0 radical (unpaired) electrons. The lowest BCUT2D eigenvalue weighted by Crippen LogP contribution is -2.65. The largest absolute Gasteiger partial charge is 0.375 e. The van der Waals surface area contributed by atoms with Crippen LogP contribution in [0.15, 0.2) is 0 Å². The van der Waals surface area contributed by atoms with Crippen molar-refractivity contribution in [3.8, 4) is 0 Å². The van der Waals surface area contributed by atoms with Gasteiger partial charge >= 0.3 is 0 Å². The van der Waals surface area contributed by atoms with Gasteiger partial charge in [-0.25, -0.2) is 0 Å². The molecular formula is C17H27NO2. The molecule has 0 aromatic carbocycles. The number of hydrogen-bond acceptors (Lipinski definition) is 3. The van der Waals surface area contributed by atoms with E-state index in [4.69, 9.17) is 0 Å². The average Bonchev–Trinajstić information content (AvgIpc) is 2.52. The van der Waals surface area contributed by atoms with Gasteiger partial charge in [-0.2, -0.15) is 0 Å². The zero-order chi connectivity index (χ0) is 14.0. The third-order valence-corrected chi connectivity index (χ3v) is 6.96. The number of ketones is 1. The average molecular weight is 277 g/mol. The molecule has 6 atom stereocenters. The maximum atomic E-state index is 12.6. The maximum absolute atomic E-state index is 12.6. The molecule has 2 saturated heterocycles. The van der Waals surface area contributed by atoms with E-state index in [0.717, 1.165) is 51.6 Å². The van der Waals surface area contributed by atoms with E-state index in [1.54, 1.807) is 0 Å². The third-order valence-electron chi connectivity index (χ3n) is 6.96. The fourth-order valence-corrected chi connectivity index (χ4v) is 6.39. The molecule has 6 unspecified atom stereocenters. The molecule has 4 aliphatic rings. The Balaban J connectivity index is 1.90. The van der Waals surface area contributed by atoms with Crippen LogP contribution < -0.4 is 0 Å². The summed E-state index contributed by atoms with van der Waals surface area (Å²) < 4.78 is 0. The predicted octanol–water partition coefficient (Wildman–Crippen LogP) is 2.58. The summed E-state index contributed by atoms with van der Waals surface area (Å²) in [5.74, 6) is 1.59. The Bertz CT molecular complexity index is 437. The molecule has 2 aliphatic carbocycles. The molecule has 2 heterocycles. The van der Waals surface area contributed by atoms with Gasteiger partial charge in [-0.15, -0.1) is 0 Å². The number of Topliss-reactive ketones (excluding diaryl/α,β-unsaturated/α-hetero) is 1. The van der Waals surface area contributed by atoms with Crippen molar-refractivity contribution >= 4 is 5.78 Å². The maximum Gasteiger partial charge on any atom is 0.137 e. The number of hydrogen-bond donors (Lipinski definition) is 1. The highest BCUT2D eigenvalue weighted by molar-refractivity contribution is 5.85. The molecule has 1 N–H and O–H groups in total. The first-order valence-electron chi connectivity index (χ1n) is 8.58. The van der Waals surface area contributed by atoms with E-state index in [2.05, 4.69) is 11.8 Å². The molecule has 112 valence electrons. The van der Waals surface area contributed by atoms with Gasteiger partial charge in [0.25, 0.3) is 0 Å². The van der Waals surface area contributed by atoms with Gasteiger partial charge < -0.3 is 5.11 Å². The molecule has 4 fully saturated rings. The number of carbonyl (C=O) groups is 1. The predicted molar refractivity (Wildman–Crippen MR) is 77.0 cm³/mol. The Morgan fingerprint density at radius 1 is 1.25 bits per heavy atom. The highest BCUT2D eigenvalue weighted by Gasteiger charge is 2.69. The lowest BCUT2D eigenvalue weighted by atomic mass is 9.55. The highest BCUT2D eigenvalue weighted by Crippen LogP contribution is 2.65. The molecule has 2 aliphatic heterocycles. The van der Waals surface area contributed by atoms with E-state index < -0.39 is 5.72 Å². The molecule has 2 saturated carbocycles. The van der Waals surface area contributed by atoms with Crippen molar-refractivity contribution in [1.29, 1.82) is 0 Å². The summed E-state index contributed by atoms with van der Waals surface area (Å²) in [6.45, 7) is 4.28. The van der Waals surface area contributed by atoms with Crippen molar-refractivity contribution in [2.45, 2.75) is 64.0 Å². The molecule has 1 spiro atoms. The first kappa shape index (κ1) is 13.3. The summed E-state index contributed by atoms with van der Waals surface area (Å²) in [5.41, 5.74) is -0.803. The molecular weight excluding hydrogens is 250 g/mol. The Kier molecular flexibility index (Phi) is 2.85. The fraction of sp³-hybridized carbons (Fsp3) is 0.941. The van der Waals surface area contributed by atoms with Gasteiger partial charge in [-0.05, 0) is 50.4 Å². The van der Waals surface area contributed by atoms with Crippen LogP contribution in [0.5, 0.6) is 0 Å². The SMILES string of the molecule is CC1CC2CC(=O)C3CCCN4CCCCC23C4(O)C1. The minimum Gasteiger partial charge on any atom is -0.375 e. The minimum atomic E-state index is -0.695. The van der Waals surface area contributed by atoms with E-state index in [-0.39, 0.29) is 11.3 Å². The van der Waals surface area contributed by atoms with Crippen LogP contribution in [0, 0.1) is 23.2 Å². The van der Waals surface area contributed by atoms with Crippen LogP contribution in [-0.4, -0.2) is 34.6 Å². The van der Waals surface area contributed by atoms with Crippen LogP contribution >= 0.6 is 0 Å². The van der Waals surface area contributed by atoms with Gasteiger partial charge in [0.1, 0.15) is 11.5 Å². The van der Waals surface area contributed by atoms with Crippen LogP contribution in [0.2, 0.25) is 0 Å². The molecule has 2 bridgehead atoms. The molecule has 4 rings (SSSR count). The van der Waals surface area contributed by atoms with E-state index in [1.807, 2.05) is 0 Å². The van der Waals surface area contributed by atoms with Crippen molar-refractivity contribution in [3.63, 3.8) is 0 Å². The second kappa shape index (κ2) is 4.30. The fourth-order valence-electron chi connectivity index (χ4n) is 6.39. The van der Waals surface area contributed by atoms with Gasteiger partial charge in [0, 0.05) is 30.8 Å².